The first-order valence-electron chi connectivity index (χ1n) is 7.87. The summed E-state index contributed by atoms with van der Waals surface area (Å²) in [6.45, 7) is 7.39. The van der Waals surface area contributed by atoms with Crippen LogP contribution in [-0.4, -0.2) is 51.9 Å². The van der Waals surface area contributed by atoms with Gasteiger partial charge in [0.1, 0.15) is 0 Å². The van der Waals surface area contributed by atoms with Crippen LogP contribution in [0.1, 0.15) is 30.5 Å². The number of sulfonamides is 1. The molecule has 1 fully saturated rings. The minimum atomic E-state index is -3.19. The maximum absolute atomic E-state index is 11.9. The highest BCUT2D eigenvalue weighted by molar-refractivity contribution is 7.89. The predicted molar refractivity (Wildman–Crippen MR) is 88.4 cm³/mol. The van der Waals surface area contributed by atoms with Gasteiger partial charge in [0.15, 0.2) is 0 Å². The second-order valence-corrected chi connectivity index (χ2v) is 7.67. The summed E-state index contributed by atoms with van der Waals surface area (Å²) in [5.74, 6) is 0.177. The minimum absolute atomic E-state index is 0.0520. The molecule has 0 amide bonds. The van der Waals surface area contributed by atoms with Crippen LogP contribution < -0.4 is 4.72 Å². The Balaban J connectivity index is 2.12. The quantitative estimate of drug-likeness (QED) is 0.828. The third-order valence-electron chi connectivity index (χ3n) is 3.92. The number of hydrogen-bond acceptors (Lipinski definition) is 4. The van der Waals surface area contributed by atoms with E-state index in [0.29, 0.717) is 26.2 Å². The number of aryl methyl sites for hydroxylation is 1. The summed E-state index contributed by atoms with van der Waals surface area (Å²) < 4.78 is 32.1. The molecule has 124 valence electrons. The van der Waals surface area contributed by atoms with Crippen LogP contribution >= 0.6 is 0 Å². The topological polar surface area (TPSA) is 58.6 Å². The summed E-state index contributed by atoms with van der Waals surface area (Å²) in [5, 5.41) is 0. The summed E-state index contributed by atoms with van der Waals surface area (Å²) in [7, 11) is -3.19. The van der Waals surface area contributed by atoms with E-state index < -0.39 is 10.0 Å². The van der Waals surface area contributed by atoms with E-state index in [-0.39, 0.29) is 11.8 Å². The number of benzene rings is 1. The van der Waals surface area contributed by atoms with Crippen molar-refractivity contribution < 1.29 is 13.2 Å². The van der Waals surface area contributed by atoms with Crippen LogP contribution in [-0.2, 0) is 14.8 Å². The fourth-order valence-corrected chi connectivity index (χ4v) is 3.78. The Morgan fingerprint density at radius 3 is 2.45 bits per heavy atom. The average Bonchev–Trinajstić information content (AvgIpc) is 2.50. The van der Waals surface area contributed by atoms with Gasteiger partial charge in [-0.25, -0.2) is 13.1 Å². The molecule has 1 aliphatic rings. The van der Waals surface area contributed by atoms with Crippen molar-refractivity contribution in [2.45, 2.75) is 26.3 Å². The van der Waals surface area contributed by atoms with Gasteiger partial charge >= 0.3 is 0 Å². The molecule has 0 aliphatic carbocycles. The summed E-state index contributed by atoms with van der Waals surface area (Å²) >= 11 is 0. The molecule has 0 radical (unpaired) electrons. The van der Waals surface area contributed by atoms with Crippen LogP contribution in [0.3, 0.4) is 0 Å². The Kier molecular flexibility index (Phi) is 6.37. The lowest BCUT2D eigenvalue weighted by atomic mass is 10.0. The average molecular weight is 326 g/mol. The van der Waals surface area contributed by atoms with Gasteiger partial charge in [-0.15, -0.1) is 0 Å². The Morgan fingerprint density at radius 1 is 1.23 bits per heavy atom. The van der Waals surface area contributed by atoms with Crippen molar-refractivity contribution >= 4 is 10.0 Å². The van der Waals surface area contributed by atoms with Crippen molar-refractivity contribution in [3.8, 4) is 0 Å². The van der Waals surface area contributed by atoms with Crippen LogP contribution in [0.15, 0.2) is 24.3 Å². The molecule has 2 rings (SSSR count). The minimum Gasteiger partial charge on any atom is -0.379 e. The van der Waals surface area contributed by atoms with E-state index in [2.05, 4.69) is 40.8 Å². The maximum Gasteiger partial charge on any atom is 0.211 e. The van der Waals surface area contributed by atoms with Gasteiger partial charge in [0.25, 0.3) is 0 Å². The second-order valence-electron chi connectivity index (χ2n) is 5.74. The lowest BCUT2D eigenvalue weighted by Gasteiger charge is -2.35. The zero-order chi connectivity index (χ0) is 16.0. The van der Waals surface area contributed by atoms with Crippen LogP contribution in [0, 0.1) is 6.92 Å². The second kappa shape index (κ2) is 8.06. The largest absolute Gasteiger partial charge is 0.379 e. The van der Waals surface area contributed by atoms with E-state index in [1.807, 2.05) is 6.92 Å². The maximum atomic E-state index is 11.9. The summed E-state index contributed by atoms with van der Waals surface area (Å²) in [6.07, 6.45) is 0.627. The third-order valence-corrected chi connectivity index (χ3v) is 5.47. The fourth-order valence-electron chi connectivity index (χ4n) is 2.68. The molecular formula is C16H26N2O3S. The van der Waals surface area contributed by atoms with Crippen LogP contribution in [0.2, 0.25) is 0 Å². The number of ether oxygens (including phenoxy) is 1. The van der Waals surface area contributed by atoms with Gasteiger partial charge in [0.05, 0.1) is 19.0 Å². The van der Waals surface area contributed by atoms with Gasteiger partial charge in [-0.05, 0) is 18.9 Å². The van der Waals surface area contributed by atoms with Crippen LogP contribution in [0.4, 0.5) is 0 Å². The lowest BCUT2D eigenvalue weighted by molar-refractivity contribution is 0.0172. The molecule has 1 heterocycles. The molecule has 6 heteroatoms. The molecule has 1 aliphatic heterocycles. The van der Waals surface area contributed by atoms with Gasteiger partial charge in [0, 0.05) is 25.7 Å². The molecule has 0 spiro atoms. The molecule has 0 aromatic heterocycles. The highest BCUT2D eigenvalue weighted by Gasteiger charge is 2.24. The first kappa shape index (κ1) is 17.4. The van der Waals surface area contributed by atoms with E-state index in [4.69, 9.17) is 4.74 Å². The fraction of sp³-hybridized carbons (Fsp3) is 0.625. The monoisotopic (exact) mass is 326 g/mol. The van der Waals surface area contributed by atoms with E-state index in [0.717, 1.165) is 18.7 Å². The molecular weight excluding hydrogens is 300 g/mol. The third kappa shape index (κ3) is 5.05. The van der Waals surface area contributed by atoms with E-state index in [1.54, 1.807) is 0 Å². The SMILES string of the molecule is CCCS(=O)(=O)NCC(c1ccc(C)cc1)N1CCOCC1. The first-order chi connectivity index (χ1) is 10.5. The summed E-state index contributed by atoms with van der Waals surface area (Å²) in [6, 6.07) is 8.37. The Labute approximate surface area is 133 Å². The number of morpholine rings is 1. The molecule has 22 heavy (non-hydrogen) atoms. The number of nitrogens with one attached hydrogen (secondary N) is 1. The normalized spacial score (nSPS) is 18.3. The molecule has 1 atom stereocenters. The van der Waals surface area contributed by atoms with E-state index in [9.17, 15) is 8.42 Å². The first-order valence-corrected chi connectivity index (χ1v) is 9.53. The number of hydrogen-bond donors (Lipinski definition) is 1. The van der Waals surface area contributed by atoms with E-state index >= 15 is 0 Å². The molecule has 1 saturated heterocycles. The van der Waals surface area contributed by atoms with Crippen molar-refractivity contribution in [3.05, 3.63) is 35.4 Å². The zero-order valence-corrected chi connectivity index (χ0v) is 14.2. The van der Waals surface area contributed by atoms with Crippen molar-refractivity contribution in [2.24, 2.45) is 0 Å². The molecule has 0 bridgehead atoms. The van der Waals surface area contributed by atoms with Gasteiger partial charge in [-0.3, -0.25) is 4.90 Å². The lowest BCUT2D eigenvalue weighted by Crippen LogP contribution is -2.44. The number of rotatable bonds is 7. The molecule has 1 N–H and O–H groups in total. The standard InChI is InChI=1S/C16H26N2O3S/c1-3-12-22(19,20)17-13-16(18-8-10-21-11-9-18)15-6-4-14(2)5-7-15/h4-7,16-17H,3,8-13H2,1-2H3. The Hall–Kier alpha value is -0.950. The zero-order valence-electron chi connectivity index (χ0n) is 13.4. The van der Waals surface area contributed by atoms with Crippen LogP contribution in [0.25, 0.3) is 0 Å². The van der Waals surface area contributed by atoms with E-state index in [1.165, 1.54) is 5.56 Å². The smallest absolute Gasteiger partial charge is 0.211 e. The Morgan fingerprint density at radius 2 is 1.86 bits per heavy atom. The highest BCUT2D eigenvalue weighted by atomic mass is 32.2. The summed E-state index contributed by atoms with van der Waals surface area (Å²) in [4.78, 5) is 2.29. The van der Waals surface area contributed by atoms with Crippen LogP contribution in [0.5, 0.6) is 0 Å². The molecule has 1 aromatic rings. The van der Waals surface area contributed by atoms with Crippen molar-refractivity contribution in [2.75, 3.05) is 38.6 Å². The van der Waals surface area contributed by atoms with Gasteiger partial charge in [-0.1, -0.05) is 36.8 Å². The Bertz CT molecular complexity index is 551. The molecule has 1 unspecified atom stereocenters. The number of nitrogens with zero attached hydrogens (tertiary/aromatic N) is 1. The molecule has 1 aromatic carbocycles. The molecule has 5 nitrogen and oxygen atoms in total. The predicted octanol–water partition coefficient (Wildman–Crippen LogP) is 1.70. The highest BCUT2D eigenvalue weighted by Crippen LogP contribution is 2.22. The van der Waals surface area contributed by atoms with Crippen molar-refractivity contribution in [3.63, 3.8) is 0 Å². The van der Waals surface area contributed by atoms with Gasteiger partial charge < -0.3 is 4.74 Å². The van der Waals surface area contributed by atoms with Crippen molar-refractivity contribution in [1.29, 1.82) is 0 Å². The molecule has 0 saturated carbocycles. The van der Waals surface area contributed by atoms with Gasteiger partial charge in [-0.2, -0.15) is 0 Å². The summed E-state index contributed by atoms with van der Waals surface area (Å²) in [5.41, 5.74) is 2.35. The van der Waals surface area contributed by atoms with Gasteiger partial charge in [0.2, 0.25) is 10.0 Å². The van der Waals surface area contributed by atoms with Crippen molar-refractivity contribution in [1.82, 2.24) is 9.62 Å².